The van der Waals surface area contributed by atoms with Crippen LogP contribution in [0.15, 0.2) is 36.8 Å². The zero-order chi connectivity index (χ0) is 18.2. The summed E-state index contributed by atoms with van der Waals surface area (Å²) >= 11 is 2.79. The fourth-order valence-corrected chi connectivity index (χ4v) is 3.24. The fraction of sp³-hybridized carbons (Fsp3) is 0.316. The molecule has 0 saturated heterocycles. The van der Waals surface area contributed by atoms with Crippen molar-refractivity contribution in [2.75, 3.05) is 12.4 Å². The number of hydrogen-bond acceptors (Lipinski definition) is 4. The van der Waals surface area contributed by atoms with E-state index in [0.29, 0.717) is 11.2 Å². The molecule has 6 heteroatoms. The Hall–Kier alpha value is -2.17. The summed E-state index contributed by atoms with van der Waals surface area (Å²) in [7, 11) is 1.83. The Morgan fingerprint density at radius 3 is 2.44 bits per heavy atom. The van der Waals surface area contributed by atoms with Gasteiger partial charge in [0.15, 0.2) is 0 Å². The zero-order valence-electron chi connectivity index (χ0n) is 14.9. The molecule has 2 aromatic heterocycles. The summed E-state index contributed by atoms with van der Waals surface area (Å²) in [5.74, 6) is 0.738. The van der Waals surface area contributed by atoms with E-state index >= 15 is 0 Å². The maximum absolute atomic E-state index is 8.03. The molecule has 3 aromatic rings. The topological polar surface area (TPSA) is 66.6 Å². The summed E-state index contributed by atoms with van der Waals surface area (Å²) in [5.41, 5.74) is 4.31. The molecule has 0 atom stereocenters. The van der Waals surface area contributed by atoms with E-state index in [-0.39, 0.29) is 5.41 Å². The van der Waals surface area contributed by atoms with Crippen LogP contribution in [0.1, 0.15) is 37.5 Å². The molecule has 1 radical (unpaired) electrons. The Morgan fingerprint density at radius 2 is 1.88 bits per heavy atom. The molecule has 2 N–H and O–H groups in total. The summed E-state index contributed by atoms with van der Waals surface area (Å²) < 4.78 is 2.46. The molecular weight excluding hydrogens is 377 g/mol. The van der Waals surface area contributed by atoms with E-state index in [1.165, 1.54) is 11.1 Å². The number of nitrogens with one attached hydrogen (secondary N) is 2. The van der Waals surface area contributed by atoms with E-state index in [9.17, 15) is 0 Å². The van der Waals surface area contributed by atoms with Gasteiger partial charge in [-0.15, -0.1) is 0 Å². The number of anilines is 1. The van der Waals surface area contributed by atoms with Crippen LogP contribution in [0, 0.1) is 5.41 Å². The van der Waals surface area contributed by atoms with Crippen LogP contribution in [0.2, 0.25) is 0 Å². The first-order chi connectivity index (χ1) is 11.8. The summed E-state index contributed by atoms with van der Waals surface area (Å²) in [4.78, 5) is 8.73. The first kappa shape index (κ1) is 17.6. The van der Waals surface area contributed by atoms with Gasteiger partial charge < -0.3 is 0 Å². The second kappa shape index (κ2) is 6.62. The molecule has 0 aliphatic heterocycles. The predicted molar refractivity (Wildman–Crippen MR) is 104 cm³/mol. The van der Waals surface area contributed by atoms with Crippen molar-refractivity contribution in [3.05, 3.63) is 53.5 Å². The van der Waals surface area contributed by atoms with Crippen LogP contribution in [0.3, 0.4) is 0 Å². The minimum atomic E-state index is 0.147. The monoisotopic (exact) mass is 400 g/mol. The molecule has 0 spiro atoms. The van der Waals surface area contributed by atoms with Gasteiger partial charge in [0, 0.05) is 0 Å². The quantitative estimate of drug-likeness (QED) is 0.523. The average molecular weight is 399 g/mol. The molecule has 1 aromatic carbocycles. The van der Waals surface area contributed by atoms with Crippen LogP contribution < -0.4 is 5.32 Å². The number of hydrogen-bond donors (Lipinski definition) is 2. The molecular formula is C19H22N5Se. The van der Waals surface area contributed by atoms with Crippen LogP contribution in [-0.4, -0.2) is 42.2 Å². The van der Waals surface area contributed by atoms with Crippen molar-refractivity contribution < 1.29 is 0 Å². The first-order valence-corrected chi connectivity index (χ1v) is 9.04. The molecule has 129 valence electrons. The van der Waals surface area contributed by atoms with Crippen molar-refractivity contribution >= 4 is 37.5 Å². The SMILES string of the molecule is CNc1ncnc2c1c(C(=N)[Se])cn2Cc1ccc(C(C)(C)C)cc1. The maximum atomic E-state index is 8.03. The summed E-state index contributed by atoms with van der Waals surface area (Å²) in [6, 6.07) is 8.70. The van der Waals surface area contributed by atoms with Crippen molar-refractivity contribution in [3.8, 4) is 0 Å². The molecule has 2 heterocycles. The Morgan fingerprint density at radius 1 is 1.20 bits per heavy atom. The van der Waals surface area contributed by atoms with Crippen LogP contribution in [-0.2, 0) is 12.0 Å². The third kappa shape index (κ3) is 3.46. The Labute approximate surface area is 156 Å². The number of nitrogens with zero attached hydrogens (tertiary/aromatic N) is 3. The number of rotatable bonds is 4. The standard InChI is InChI=1S/C19H22N5Se/c1-19(2,3)13-7-5-12(6-8-13)9-24-10-14(16(20)25)15-17(21-4)22-11-23-18(15)24/h5-8,10-11,20H,9H2,1-4H3,(H,21,22,23). The van der Waals surface area contributed by atoms with Gasteiger partial charge in [0.1, 0.15) is 0 Å². The zero-order valence-corrected chi connectivity index (χ0v) is 16.6. The minimum absolute atomic E-state index is 0.147. The van der Waals surface area contributed by atoms with Crippen molar-refractivity contribution in [2.24, 2.45) is 0 Å². The first-order valence-electron chi connectivity index (χ1n) is 8.18. The third-order valence-electron chi connectivity index (χ3n) is 4.31. The van der Waals surface area contributed by atoms with E-state index < -0.39 is 0 Å². The van der Waals surface area contributed by atoms with Gasteiger partial charge in [-0.1, -0.05) is 0 Å². The van der Waals surface area contributed by atoms with E-state index in [0.717, 1.165) is 22.4 Å². The van der Waals surface area contributed by atoms with Gasteiger partial charge in [0.05, 0.1) is 0 Å². The van der Waals surface area contributed by atoms with E-state index in [1.54, 1.807) is 6.33 Å². The van der Waals surface area contributed by atoms with Crippen molar-refractivity contribution in [2.45, 2.75) is 32.7 Å². The predicted octanol–water partition coefficient (Wildman–Crippen LogP) is 3.31. The molecule has 0 unspecified atom stereocenters. The fourth-order valence-electron chi connectivity index (χ4n) is 2.91. The molecule has 25 heavy (non-hydrogen) atoms. The molecule has 0 aliphatic rings. The summed E-state index contributed by atoms with van der Waals surface area (Å²) in [6.45, 7) is 7.35. The van der Waals surface area contributed by atoms with Crippen LogP contribution in [0.5, 0.6) is 0 Å². The van der Waals surface area contributed by atoms with Crippen molar-refractivity contribution in [3.63, 3.8) is 0 Å². The van der Waals surface area contributed by atoms with Crippen molar-refractivity contribution in [1.82, 2.24) is 14.5 Å². The summed E-state index contributed by atoms with van der Waals surface area (Å²) in [6.07, 6.45) is 3.52. The van der Waals surface area contributed by atoms with Crippen molar-refractivity contribution in [1.29, 1.82) is 5.41 Å². The molecule has 0 aliphatic carbocycles. The Balaban J connectivity index is 2.03. The van der Waals surface area contributed by atoms with E-state index in [2.05, 4.69) is 80.9 Å². The Kier molecular flexibility index (Phi) is 4.67. The second-order valence-electron chi connectivity index (χ2n) is 7.12. The van der Waals surface area contributed by atoms with Crippen LogP contribution in [0.25, 0.3) is 11.0 Å². The normalized spacial score (nSPS) is 11.7. The number of benzene rings is 1. The number of aromatic nitrogens is 3. The third-order valence-corrected chi connectivity index (χ3v) is 4.77. The molecule has 3 rings (SSSR count). The summed E-state index contributed by atoms with van der Waals surface area (Å²) in [5, 5.41) is 12.0. The van der Waals surface area contributed by atoms with Gasteiger partial charge in [0.25, 0.3) is 0 Å². The van der Waals surface area contributed by atoms with Crippen LogP contribution >= 0.6 is 0 Å². The van der Waals surface area contributed by atoms with Gasteiger partial charge in [-0.2, -0.15) is 0 Å². The molecule has 5 nitrogen and oxygen atoms in total. The molecule has 0 bridgehead atoms. The van der Waals surface area contributed by atoms with Gasteiger partial charge in [-0.25, -0.2) is 0 Å². The number of fused-ring (bicyclic) bond motifs is 1. The Bertz CT molecular complexity index is 919. The van der Waals surface area contributed by atoms with E-state index in [1.807, 2.05) is 13.2 Å². The van der Waals surface area contributed by atoms with Gasteiger partial charge in [-0.3, -0.25) is 0 Å². The van der Waals surface area contributed by atoms with Crippen LogP contribution in [0.4, 0.5) is 5.82 Å². The molecule has 0 fully saturated rings. The second-order valence-corrected chi connectivity index (χ2v) is 7.97. The molecule has 0 amide bonds. The van der Waals surface area contributed by atoms with E-state index in [4.69, 9.17) is 5.41 Å². The molecule has 0 saturated carbocycles. The van der Waals surface area contributed by atoms with Gasteiger partial charge in [-0.05, 0) is 0 Å². The van der Waals surface area contributed by atoms with Gasteiger partial charge >= 0.3 is 156 Å². The van der Waals surface area contributed by atoms with Gasteiger partial charge in [0.2, 0.25) is 0 Å². The average Bonchev–Trinajstić information content (AvgIpc) is 2.93.